The van der Waals surface area contributed by atoms with Gasteiger partial charge in [0.1, 0.15) is 10.5 Å². The molecule has 3 aromatic heterocycles. The molecule has 6 rings (SSSR count). The molecule has 11 heteroatoms. The first-order chi connectivity index (χ1) is 18.3. The molecule has 0 amide bonds. The standard InChI is InChI=1S/C27H34F3N5O2S/c1-17-12-33(8-9-37-17)13-18-10-22(27(28,29)30)23-15-34(26(36)35(23)14-18)21-7-3-6-20(11-21)24(19-4-2-5-19)25-32-31-16-38-25/h10,14-17,19-21,24H,2-9,11-13H2,1H3/t17-,20?,21?,24-/m1/s1. The topological polar surface area (TPSA) is 64.7 Å². The summed E-state index contributed by atoms with van der Waals surface area (Å²) in [5.41, 5.74) is 1.07. The Morgan fingerprint density at radius 1 is 1.16 bits per heavy atom. The number of ether oxygens (including phenoxy) is 1. The van der Waals surface area contributed by atoms with Crippen LogP contribution < -0.4 is 5.69 Å². The van der Waals surface area contributed by atoms with Crippen LogP contribution >= 0.6 is 11.3 Å². The van der Waals surface area contributed by atoms with Gasteiger partial charge in [0.25, 0.3) is 0 Å². The Morgan fingerprint density at radius 2 is 1.95 bits per heavy atom. The molecule has 0 N–H and O–H groups in total. The van der Waals surface area contributed by atoms with Gasteiger partial charge in [-0.05, 0) is 62.5 Å². The summed E-state index contributed by atoms with van der Waals surface area (Å²) in [6.07, 6.45) is 5.68. The maximum Gasteiger partial charge on any atom is 0.418 e. The molecule has 4 atom stereocenters. The Morgan fingerprint density at radius 3 is 2.63 bits per heavy atom. The summed E-state index contributed by atoms with van der Waals surface area (Å²) in [7, 11) is 0. The van der Waals surface area contributed by atoms with Gasteiger partial charge >= 0.3 is 11.9 Å². The third-order valence-electron chi connectivity index (χ3n) is 8.79. The van der Waals surface area contributed by atoms with Crippen molar-refractivity contribution < 1.29 is 17.9 Å². The minimum absolute atomic E-state index is 0.0292. The number of rotatable bonds is 6. The van der Waals surface area contributed by atoms with E-state index in [-0.39, 0.29) is 23.4 Å². The normalized spacial score (nSPS) is 26.5. The van der Waals surface area contributed by atoms with Crippen molar-refractivity contribution in [1.82, 2.24) is 24.1 Å². The van der Waals surface area contributed by atoms with Crippen molar-refractivity contribution in [3.63, 3.8) is 0 Å². The van der Waals surface area contributed by atoms with Gasteiger partial charge in [0.15, 0.2) is 0 Å². The van der Waals surface area contributed by atoms with E-state index < -0.39 is 11.7 Å². The molecule has 2 unspecified atom stereocenters. The lowest BCUT2D eigenvalue weighted by molar-refractivity contribution is -0.136. The fourth-order valence-electron chi connectivity index (χ4n) is 6.82. The van der Waals surface area contributed by atoms with E-state index >= 15 is 0 Å². The van der Waals surface area contributed by atoms with Crippen molar-refractivity contribution in [2.45, 2.75) is 82.7 Å². The van der Waals surface area contributed by atoms with Gasteiger partial charge in [0, 0.05) is 44.0 Å². The zero-order valence-electron chi connectivity index (χ0n) is 21.6. The van der Waals surface area contributed by atoms with Gasteiger partial charge in [-0.25, -0.2) is 4.79 Å². The quantitative estimate of drug-likeness (QED) is 0.406. The average Bonchev–Trinajstić information content (AvgIpc) is 3.49. The van der Waals surface area contributed by atoms with E-state index in [0.717, 1.165) is 30.7 Å². The van der Waals surface area contributed by atoms with E-state index in [0.29, 0.717) is 49.6 Å². The fourth-order valence-corrected chi connectivity index (χ4v) is 7.66. The SMILES string of the molecule is C[C@@H]1CN(Cc2cc(C(F)(F)F)c3cn(C4CCCC([C@H](c5nncs5)C5CCC5)C4)c(=O)n3c2)CCO1. The smallest absolute Gasteiger partial charge is 0.376 e. The first kappa shape index (κ1) is 26.0. The average molecular weight is 550 g/mol. The maximum absolute atomic E-state index is 14.2. The molecule has 3 fully saturated rings. The van der Waals surface area contributed by atoms with Gasteiger partial charge in [0.05, 0.1) is 23.8 Å². The van der Waals surface area contributed by atoms with Crippen LogP contribution in [-0.2, 0) is 17.5 Å². The van der Waals surface area contributed by atoms with Crippen LogP contribution in [0.5, 0.6) is 0 Å². The molecule has 2 saturated carbocycles. The minimum Gasteiger partial charge on any atom is -0.376 e. The van der Waals surface area contributed by atoms with Gasteiger partial charge in [-0.15, -0.1) is 21.5 Å². The summed E-state index contributed by atoms with van der Waals surface area (Å²) in [6.45, 7) is 4.16. The van der Waals surface area contributed by atoms with Crippen molar-refractivity contribution in [2.24, 2.45) is 11.8 Å². The van der Waals surface area contributed by atoms with Crippen LogP contribution in [0.1, 0.15) is 80.0 Å². The molecular weight excluding hydrogens is 515 g/mol. The van der Waals surface area contributed by atoms with Crippen LogP contribution in [0.4, 0.5) is 13.2 Å². The zero-order valence-corrected chi connectivity index (χ0v) is 22.4. The molecule has 2 aliphatic carbocycles. The first-order valence-corrected chi connectivity index (χ1v) is 14.6. The highest BCUT2D eigenvalue weighted by Crippen LogP contribution is 2.49. The Balaban J connectivity index is 1.32. The Labute approximate surface area is 223 Å². The highest BCUT2D eigenvalue weighted by atomic mass is 32.1. The molecule has 3 aromatic rings. The van der Waals surface area contributed by atoms with E-state index in [4.69, 9.17) is 4.74 Å². The maximum atomic E-state index is 14.2. The molecule has 0 spiro atoms. The number of alkyl halides is 3. The molecule has 4 heterocycles. The van der Waals surface area contributed by atoms with Gasteiger partial charge in [-0.1, -0.05) is 12.8 Å². The van der Waals surface area contributed by atoms with Crippen molar-refractivity contribution in [1.29, 1.82) is 0 Å². The molecular formula is C27H34F3N5O2S. The van der Waals surface area contributed by atoms with Crippen LogP contribution in [0.25, 0.3) is 5.52 Å². The van der Waals surface area contributed by atoms with Crippen molar-refractivity contribution >= 4 is 16.9 Å². The van der Waals surface area contributed by atoms with Crippen LogP contribution in [0.3, 0.4) is 0 Å². The Hall–Kier alpha value is -2.24. The van der Waals surface area contributed by atoms with Crippen LogP contribution in [0, 0.1) is 11.8 Å². The molecule has 1 aliphatic heterocycles. The monoisotopic (exact) mass is 549 g/mol. The predicted molar refractivity (Wildman–Crippen MR) is 138 cm³/mol. The second kappa shape index (κ2) is 10.4. The fraction of sp³-hybridized carbons (Fsp3) is 0.667. The lowest BCUT2D eigenvalue weighted by atomic mass is 9.66. The van der Waals surface area contributed by atoms with Crippen LogP contribution in [-0.4, -0.2) is 49.9 Å². The second-order valence-corrected chi connectivity index (χ2v) is 12.2. The first-order valence-electron chi connectivity index (χ1n) is 13.7. The molecule has 206 valence electrons. The summed E-state index contributed by atoms with van der Waals surface area (Å²) in [5, 5.41) is 9.55. The Bertz CT molecular complexity index is 1320. The van der Waals surface area contributed by atoms with Gasteiger partial charge in [-0.3, -0.25) is 13.9 Å². The lowest BCUT2D eigenvalue weighted by Gasteiger charge is -2.41. The number of aromatic nitrogens is 4. The molecule has 0 bridgehead atoms. The zero-order chi connectivity index (χ0) is 26.4. The van der Waals surface area contributed by atoms with E-state index in [1.54, 1.807) is 27.6 Å². The number of imidazole rings is 1. The number of hydrogen-bond donors (Lipinski definition) is 0. The van der Waals surface area contributed by atoms with E-state index in [1.807, 2.05) is 6.92 Å². The third-order valence-corrected chi connectivity index (χ3v) is 9.59. The Kier molecular flexibility index (Phi) is 7.11. The summed E-state index contributed by atoms with van der Waals surface area (Å²) in [5.74, 6) is 1.25. The van der Waals surface area contributed by atoms with Crippen LogP contribution in [0.2, 0.25) is 0 Å². The highest BCUT2D eigenvalue weighted by Gasteiger charge is 2.40. The van der Waals surface area contributed by atoms with Crippen molar-refractivity contribution in [2.75, 3.05) is 19.7 Å². The van der Waals surface area contributed by atoms with Gasteiger partial charge in [-0.2, -0.15) is 13.2 Å². The summed E-state index contributed by atoms with van der Waals surface area (Å²) >= 11 is 1.60. The van der Waals surface area contributed by atoms with Crippen molar-refractivity contribution in [3.05, 3.63) is 50.6 Å². The molecule has 38 heavy (non-hydrogen) atoms. The van der Waals surface area contributed by atoms with Gasteiger partial charge < -0.3 is 4.74 Å². The summed E-state index contributed by atoms with van der Waals surface area (Å²) < 4.78 is 51.0. The van der Waals surface area contributed by atoms with Crippen LogP contribution in [0.15, 0.2) is 28.8 Å². The number of nitrogens with zero attached hydrogens (tertiary/aromatic N) is 5. The van der Waals surface area contributed by atoms with E-state index in [9.17, 15) is 18.0 Å². The van der Waals surface area contributed by atoms with Crippen molar-refractivity contribution in [3.8, 4) is 0 Å². The molecule has 3 aliphatic rings. The largest absolute Gasteiger partial charge is 0.418 e. The second-order valence-electron chi connectivity index (χ2n) is 11.3. The summed E-state index contributed by atoms with van der Waals surface area (Å²) in [4.78, 5) is 15.7. The third kappa shape index (κ3) is 5.04. The molecule has 0 radical (unpaired) electrons. The number of pyridine rings is 1. The molecule has 1 saturated heterocycles. The van der Waals surface area contributed by atoms with E-state index in [2.05, 4.69) is 15.1 Å². The highest BCUT2D eigenvalue weighted by molar-refractivity contribution is 7.09. The number of halogens is 3. The minimum atomic E-state index is -4.56. The van der Waals surface area contributed by atoms with Gasteiger partial charge in [0.2, 0.25) is 0 Å². The predicted octanol–water partition coefficient (Wildman–Crippen LogP) is 5.51. The number of hydrogen-bond acceptors (Lipinski definition) is 6. The molecule has 7 nitrogen and oxygen atoms in total. The lowest BCUT2D eigenvalue weighted by Crippen LogP contribution is -2.40. The van der Waals surface area contributed by atoms with E-state index in [1.165, 1.54) is 35.9 Å². The number of morpholine rings is 1. The molecule has 0 aromatic carbocycles. The summed E-state index contributed by atoms with van der Waals surface area (Å²) in [6, 6.07) is 1.09. The number of fused-ring (bicyclic) bond motifs is 1.